The quantitative estimate of drug-likeness (QED) is 0.159. The molecule has 0 aliphatic rings. The fourth-order valence-corrected chi connectivity index (χ4v) is 4.11. The van der Waals surface area contributed by atoms with E-state index in [1.54, 1.807) is 18.7 Å². The van der Waals surface area contributed by atoms with Crippen LogP contribution in [-0.2, 0) is 27.1 Å². The SMILES string of the molecule is CC(C)(C)C.CC(C)(C)c1ccc(F)cc1.CC(C)(C)c1ccccc1.CC(C)(C)c1cccnc1.CC(C)(C)c1ccco1.CC(C)(C)c1ccco1. The molecule has 54 heavy (non-hydrogen) atoms. The summed E-state index contributed by atoms with van der Waals surface area (Å²) in [7, 11) is 0. The van der Waals surface area contributed by atoms with E-state index in [9.17, 15) is 4.39 Å². The average molecular weight is 742 g/mol. The van der Waals surface area contributed by atoms with Crippen molar-refractivity contribution in [1.82, 2.24) is 4.98 Å². The smallest absolute Gasteiger partial charge is 0.123 e. The first kappa shape index (κ1) is 50.1. The Morgan fingerprint density at radius 1 is 0.389 bits per heavy atom. The lowest BCUT2D eigenvalue weighted by Crippen LogP contribution is -2.10. The molecular formula is C50H76FNO2. The van der Waals surface area contributed by atoms with Crippen LogP contribution < -0.4 is 0 Å². The summed E-state index contributed by atoms with van der Waals surface area (Å²) in [6, 6.07) is 29.1. The Labute approximate surface area is 331 Å². The van der Waals surface area contributed by atoms with E-state index in [-0.39, 0.29) is 27.5 Å². The Bertz CT molecular complexity index is 1510. The molecule has 0 amide bonds. The third kappa shape index (κ3) is 24.4. The third-order valence-electron chi connectivity index (χ3n) is 7.40. The number of hydrogen-bond acceptors (Lipinski definition) is 3. The van der Waals surface area contributed by atoms with Gasteiger partial charge in [-0.1, -0.05) is 180 Å². The van der Waals surface area contributed by atoms with Gasteiger partial charge in [0, 0.05) is 23.2 Å². The van der Waals surface area contributed by atoms with Gasteiger partial charge in [-0.25, -0.2) is 4.39 Å². The second-order valence-electron chi connectivity index (χ2n) is 20.3. The molecule has 0 saturated carbocycles. The van der Waals surface area contributed by atoms with E-state index in [4.69, 9.17) is 8.83 Å². The summed E-state index contributed by atoms with van der Waals surface area (Å²) in [4.78, 5) is 4.05. The lowest BCUT2D eigenvalue weighted by molar-refractivity contribution is 0.409. The van der Waals surface area contributed by atoms with Crippen molar-refractivity contribution in [1.29, 1.82) is 0 Å². The van der Waals surface area contributed by atoms with Gasteiger partial charge in [0.1, 0.15) is 17.3 Å². The number of rotatable bonds is 0. The van der Waals surface area contributed by atoms with E-state index in [0.29, 0.717) is 10.8 Å². The van der Waals surface area contributed by atoms with Crippen molar-refractivity contribution in [3.8, 4) is 0 Å². The number of furan rings is 2. The maximum atomic E-state index is 12.5. The Morgan fingerprint density at radius 3 is 0.963 bits per heavy atom. The largest absolute Gasteiger partial charge is 0.469 e. The molecule has 0 aliphatic heterocycles. The van der Waals surface area contributed by atoms with E-state index in [1.807, 2.05) is 48.7 Å². The fourth-order valence-electron chi connectivity index (χ4n) is 4.11. The first-order valence-corrected chi connectivity index (χ1v) is 19.2. The van der Waals surface area contributed by atoms with E-state index in [0.717, 1.165) is 11.5 Å². The van der Waals surface area contributed by atoms with E-state index < -0.39 is 0 Å². The van der Waals surface area contributed by atoms with Crippen LogP contribution in [0.25, 0.3) is 0 Å². The van der Waals surface area contributed by atoms with Gasteiger partial charge in [-0.15, -0.1) is 0 Å². The maximum absolute atomic E-state index is 12.5. The normalized spacial score (nSPS) is 11.7. The number of aromatic nitrogens is 1. The predicted octanol–water partition coefficient (Wildman–Crippen LogP) is 15.7. The monoisotopic (exact) mass is 742 g/mol. The van der Waals surface area contributed by atoms with Crippen LogP contribution in [0.3, 0.4) is 0 Å². The highest BCUT2D eigenvalue weighted by Crippen LogP contribution is 2.24. The summed E-state index contributed by atoms with van der Waals surface area (Å²) in [5.74, 6) is 1.92. The van der Waals surface area contributed by atoms with Crippen LogP contribution in [0.1, 0.15) is 160 Å². The molecule has 0 unspecified atom stereocenters. The third-order valence-corrected chi connectivity index (χ3v) is 7.40. The molecule has 0 N–H and O–H groups in total. The summed E-state index contributed by atoms with van der Waals surface area (Å²) < 4.78 is 22.9. The second kappa shape index (κ2) is 21.8. The van der Waals surface area contributed by atoms with Gasteiger partial charge in [0.25, 0.3) is 0 Å². The summed E-state index contributed by atoms with van der Waals surface area (Å²) in [5.41, 5.74) is 5.31. The molecule has 3 nitrogen and oxygen atoms in total. The van der Waals surface area contributed by atoms with Gasteiger partial charge in [0.05, 0.1) is 12.5 Å². The minimum absolute atomic E-state index is 0.119. The van der Waals surface area contributed by atoms with Crippen molar-refractivity contribution < 1.29 is 13.2 Å². The van der Waals surface area contributed by atoms with Crippen molar-refractivity contribution in [2.75, 3.05) is 0 Å². The molecule has 3 aromatic heterocycles. The van der Waals surface area contributed by atoms with Crippen molar-refractivity contribution >= 4 is 0 Å². The van der Waals surface area contributed by atoms with Crippen LogP contribution in [0.15, 0.2) is 125 Å². The number of halogens is 1. The van der Waals surface area contributed by atoms with Gasteiger partial charge < -0.3 is 8.83 Å². The molecule has 5 aromatic rings. The van der Waals surface area contributed by atoms with Crippen molar-refractivity contribution in [2.45, 2.75) is 159 Å². The van der Waals surface area contributed by atoms with Gasteiger partial charge in [0.15, 0.2) is 0 Å². The fraction of sp³-hybridized carbons (Fsp3) is 0.500. The minimum Gasteiger partial charge on any atom is -0.469 e. The van der Waals surface area contributed by atoms with Crippen molar-refractivity contribution in [3.63, 3.8) is 0 Å². The average Bonchev–Trinajstić information content (AvgIpc) is 3.77. The molecule has 0 saturated heterocycles. The van der Waals surface area contributed by atoms with Crippen molar-refractivity contribution in [2.24, 2.45) is 5.41 Å². The molecule has 300 valence electrons. The Kier molecular flexibility index (Phi) is 20.3. The van der Waals surface area contributed by atoms with Crippen LogP contribution in [0, 0.1) is 11.2 Å². The van der Waals surface area contributed by atoms with E-state index >= 15 is 0 Å². The molecule has 0 atom stereocenters. The topological polar surface area (TPSA) is 39.2 Å². The summed E-state index contributed by atoms with van der Waals surface area (Å²) in [6.45, 7) is 41.1. The maximum Gasteiger partial charge on any atom is 0.123 e. The van der Waals surface area contributed by atoms with Crippen LogP contribution in [-0.4, -0.2) is 4.98 Å². The Hall–Kier alpha value is -3.92. The first-order valence-electron chi connectivity index (χ1n) is 19.2. The summed E-state index contributed by atoms with van der Waals surface area (Å²) in [6.07, 6.45) is 7.14. The highest BCUT2D eigenvalue weighted by Gasteiger charge is 2.17. The molecule has 2 aromatic carbocycles. The van der Waals surface area contributed by atoms with Crippen LogP contribution in [0.2, 0.25) is 0 Å². The van der Waals surface area contributed by atoms with Gasteiger partial charge in [-0.05, 0) is 80.8 Å². The van der Waals surface area contributed by atoms with Crippen molar-refractivity contribution in [3.05, 3.63) is 150 Å². The van der Waals surface area contributed by atoms with Crippen LogP contribution in [0.5, 0.6) is 0 Å². The molecule has 0 spiro atoms. The zero-order valence-corrected chi connectivity index (χ0v) is 37.6. The molecule has 0 fully saturated rings. The number of benzene rings is 2. The predicted molar refractivity (Wildman–Crippen MR) is 233 cm³/mol. The molecular weight excluding hydrogens is 666 g/mol. The number of pyridine rings is 1. The van der Waals surface area contributed by atoms with Crippen LogP contribution in [0.4, 0.5) is 4.39 Å². The zero-order valence-electron chi connectivity index (χ0n) is 37.6. The minimum atomic E-state index is -0.169. The molecule has 4 heteroatoms. The highest BCUT2D eigenvalue weighted by molar-refractivity contribution is 5.23. The lowest BCUT2D eigenvalue weighted by Gasteiger charge is -2.18. The molecule has 3 heterocycles. The molecule has 5 rings (SSSR count). The van der Waals surface area contributed by atoms with E-state index in [1.165, 1.54) is 28.8 Å². The van der Waals surface area contributed by atoms with Gasteiger partial charge in [0.2, 0.25) is 0 Å². The lowest BCUT2D eigenvalue weighted by atomic mass is 9.87. The van der Waals surface area contributed by atoms with Gasteiger partial charge >= 0.3 is 0 Å². The van der Waals surface area contributed by atoms with E-state index in [2.05, 4.69) is 173 Å². The Morgan fingerprint density at radius 2 is 0.741 bits per heavy atom. The summed E-state index contributed by atoms with van der Waals surface area (Å²) >= 11 is 0. The van der Waals surface area contributed by atoms with Crippen LogP contribution >= 0.6 is 0 Å². The standard InChI is InChI=1S/C10H13F.C10H14.C9H13N.2C8H12O.C5H12/c1-10(2,3)8-4-6-9(11)7-5-8;1-10(2,3)9-7-5-4-6-8-9;1-9(2,3)8-5-4-6-10-7-8;2*1-8(2,3)7-5-4-6-9-7;1-5(2,3)4/h4-7H,1-3H3;4-8H,1-3H3;4-7H,1-3H3;2*4-6H,1-3H3;1-4H3. The first-order chi connectivity index (χ1) is 24.4. The zero-order chi connectivity index (χ0) is 42.0. The molecule has 0 radical (unpaired) electrons. The second-order valence-corrected chi connectivity index (χ2v) is 20.3. The number of hydrogen-bond donors (Lipinski definition) is 0. The van der Waals surface area contributed by atoms with Gasteiger partial charge in [-0.2, -0.15) is 0 Å². The molecule has 0 aliphatic carbocycles. The van der Waals surface area contributed by atoms with Gasteiger partial charge in [-0.3, -0.25) is 4.98 Å². The highest BCUT2D eigenvalue weighted by atomic mass is 19.1. The summed E-state index contributed by atoms with van der Waals surface area (Å²) in [5, 5.41) is 0. The Balaban J connectivity index is 0.000000632. The molecule has 0 bridgehead atoms. The number of nitrogens with zero attached hydrogens (tertiary/aromatic N) is 1.